The van der Waals surface area contributed by atoms with Gasteiger partial charge >= 0.3 is 0 Å². The minimum Gasteiger partial charge on any atom is -0.496 e. The van der Waals surface area contributed by atoms with Crippen LogP contribution in [-0.2, 0) is 11.8 Å². The standard InChI is InChI=1S/C31H47NO/c1-21-22-9-12-27-30(4,23(22)10-11-26(21)33-8)14-13-24-25-19-28(2,20-32(6)7)15-16-29(25,3)17-18-31(24,27)5/h10-12,24-25H,9,13-20H2,1-8H3/t24?,25?,28-,29?,30?,31?/m1/s1. The molecular formula is C31H47NO. The Kier molecular flexibility index (Phi) is 5.41. The third-order valence-corrected chi connectivity index (χ3v) is 11.2. The van der Waals surface area contributed by atoms with E-state index in [1.165, 1.54) is 62.6 Å². The Bertz CT molecular complexity index is 977. The molecule has 3 saturated carbocycles. The molecule has 2 heteroatoms. The summed E-state index contributed by atoms with van der Waals surface area (Å²) >= 11 is 0. The molecule has 0 bridgehead atoms. The fraction of sp³-hybridized carbons (Fsp3) is 0.742. The number of fused-ring (bicyclic) bond motifs is 7. The van der Waals surface area contributed by atoms with E-state index >= 15 is 0 Å². The summed E-state index contributed by atoms with van der Waals surface area (Å²) in [6.07, 6.45) is 13.5. The summed E-state index contributed by atoms with van der Waals surface area (Å²) in [7, 11) is 6.33. The van der Waals surface area contributed by atoms with Crippen molar-refractivity contribution in [2.45, 2.75) is 91.4 Å². The monoisotopic (exact) mass is 449 g/mol. The van der Waals surface area contributed by atoms with E-state index in [-0.39, 0.29) is 5.41 Å². The molecule has 0 radical (unpaired) electrons. The van der Waals surface area contributed by atoms with Crippen LogP contribution in [0.25, 0.3) is 0 Å². The van der Waals surface area contributed by atoms with E-state index in [1.54, 1.807) is 18.2 Å². The molecule has 0 heterocycles. The van der Waals surface area contributed by atoms with Crippen molar-refractivity contribution in [3.8, 4) is 5.75 Å². The molecule has 6 atom stereocenters. The highest BCUT2D eigenvalue weighted by Crippen LogP contribution is 2.69. The van der Waals surface area contributed by atoms with Gasteiger partial charge in [-0.05, 0) is 123 Å². The Morgan fingerprint density at radius 1 is 0.970 bits per heavy atom. The summed E-state index contributed by atoms with van der Waals surface area (Å²) in [6, 6.07) is 4.63. The normalized spacial score (nSPS) is 42.0. The maximum absolute atomic E-state index is 5.68. The van der Waals surface area contributed by atoms with Crippen molar-refractivity contribution in [1.82, 2.24) is 4.90 Å². The lowest BCUT2D eigenvalue weighted by atomic mass is 9.40. The molecular weight excluding hydrogens is 402 g/mol. The van der Waals surface area contributed by atoms with Crippen molar-refractivity contribution in [2.75, 3.05) is 27.7 Å². The lowest BCUT2D eigenvalue weighted by molar-refractivity contribution is -0.103. The van der Waals surface area contributed by atoms with Crippen LogP contribution < -0.4 is 4.74 Å². The maximum atomic E-state index is 5.68. The zero-order valence-electron chi connectivity index (χ0n) is 22.6. The second-order valence-electron chi connectivity index (χ2n) is 13.6. The van der Waals surface area contributed by atoms with Gasteiger partial charge in [0.05, 0.1) is 7.11 Å². The van der Waals surface area contributed by atoms with Crippen LogP contribution in [0.5, 0.6) is 5.75 Å². The van der Waals surface area contributed by atoms with Crippen LogP contribution in [0.4, 0.5) is 0 Å². The van der Waals surface area contributed by atoms with Crippen LogP contribution in [0, 0.1) is 35.0 Å². The number of hydrogen-bond donors (Lipinski definition) is 0. The molecule has 33 heavy (non-hydrogen) atoms. The molecule has 2 nitrogen and oxygen atoms in total. The second-order valence-corrected chi connectivity index (χ2v) is 13.6. The van der Waals surface area contributed by atoms with Crippen molar-refractivity contribution in [3.63, 3.8) is 0 Å². The van der Waals surface area contributed by atoms with Gasteiger partial charge in [0.15, 0.2) is 0 Å². The topological polar surface area (TPSA) is 12.5 Å². The minimum atomic E-state index is 0.186. The number of hydrogen-bond acceptors (Lipinski definition) is 2. The number of allylic oxidation sites excluding steroid dienone is 2. The van der Waals surface area contributed by atoms with Crippen molar-refractivity contribution in [3.05, 3.63) is 40.5 Å². The van der Waals surface area contributed by atoms with Crippen molar-refractivity contribution in [2.24, 2.45) is 28.1 Å². The lowest BCUT2D eigenvalue weighted by Gasteiger charge is -2.65. The molecule has 5 unspecified atom stereocenters. The zero-order chi connectivity index (χ0) is 23.8. The average molecular weight is 450 g/mol. The molecule has 0 N–H and O–H groups in total. The quantitative estimate of drug-likeness (QED) is 0.448. The largest absolute Gasteiger partial charge is 0.496 e. The number of rotatable bonds is 3. The van der Waals surface area contributed by atoms with Crippen LogP contribution in [0.3, 0.4) is 0 Å². The number of methoxy groups -OCH3 is 1. The van der Waals surface area contributed by atoms with Crippen molar-refractivity contribution in [1.29, 1.82) is 0 Å². The molecule has 1 aromatic rings. The van der Waals surface area contributed by atoms with E-state index in [1.807, 2.05) is 0 Å². The van der Waals surface area contributed by atoms with Crippen molar-refractivity contribution < 1.29 is 4.74 Å². The summed E-state index contributed by atoms with van der Waals surface area (Å²) in [5.74, 6) is 2.74. The van der Waals surface area contributed by atoms with Crippen LogP contribution >= 0.6 is 0 Å². The Labute approximate surface area is 203 Å². The van der Waals surface area contributed by atoms with Gasteiger partial charge in [0, 0.05) is 12.0 Å². The van der Waals surface area contributed by atoms with Crippen molar-refractivity contribution >= 4 is 0 Å². The van der Waals surface area contributed by atoms with Gasteiger partial charge in [-0.3, -0.25) is 0 Å². The van der Waals surface area contributed by atoms with Gasteiger partial charge < -0.3 is 9.64 Å². The highest BCUT2D eigenvalue weighted by Gasteiger charge is 2.61. The average Bonchev–Trinajstić information content (AvgIpc) is 2.74. The summed E-state index contributed by atoms with van der Waals surface area (Å²) < 4.78 is 5.68. The maximum Gasteiger partial charge on any atom is 0.122 e. The van der Waals surface area contributed by atoms with Crippen LogP contribution in [0.2, 0.25) is 0 Å². The fourth-order valence-corrected chi connectivity index (χ4v) is 9.41. The first-order valence-electron chi connectivity index (χ1n) is 13.5. The first-order valence-corrected chi connectivity index (χ1v) is 13.5. The van der Waals surface area contributed by atoms with E-state index in [0.717, 1.165) is 24.0 Å². The summed E-state index contributed by atoms with van der Waals surface area (Å²) in [5.41, 5.74) is 7.79. The predicted octanol–water partition coefficient (Wildman–Crippen LogP) is 7.33. The Balaban J connectivity index is 1.53. The Hall–Kier alpha value is -1.28. The van der Waals surface area contributed by atoms with Gasteiger partial charge in [-0.25, -0.2) is 0 Å². The zero-order valence-corrected chi connectivity index (χ0v) is 22.6. The first-order chi connectivity index (χ1) is 15.5. The molecule has 4 aliphatic carbocycles. The highest BCUT2D eigenvalue weighted by atomic mass is 16.5. The minimum absolute atomic E-state index is 0.186. The fourth-order valence-electron chi connectivity index (χ4n) is 9.41. The van der Waals surface area contributed by atoms with E-state index in [2.05, 4.69) is 71.8 Å². The number of ether oxygens (including phenoxy) is 1. The predicted molar refractivity (Wildman–Crippen MR) is 139 cm³/mol. The molecule has 0 spiro atoms. The third kappa shape index (κ3) is 3.37. The SMILES string of the molecule is COc1ccc2c(c1C)CC=C1C2(C)CCC2C3C[C@](C)(CN(C)C)CCC3(C)CCC12C. The van der Waals surface area contributed by atoms with Gasteiger partial charge in [-0.2, -0.15) is 0 Å². The van der Waals surface area contributed by atoms with Gasteiger partial charge in [-0.1, -0.05) is 45.4 Å². The van der Waals surface area contributed by atoms with Crippen LogP contribution in [0.15, 0.2) is 23.8 Å². The van der Waals surface area contributed by atoms with Crippen LogP contribution in [0.1, 0.15) is 89.3 Å². The molecule has 1 aromatic carbocycles. The molecule has 0 amide bonds. The molecule has 0 aliphatic heterocycles. The Morgan fingerprint density at radius 2 is 1.70 bits per heavy atom. The number of nitrogens with zero attached hydrogens (tertiary/aromatic N) is 1. The second kappa shape index (κ2) is 7.61. The van der Waals surface area contributed by atoms with Crippen LogP contribution in [-0.4, -0.2) is 32.6 Å². The summed E-state index contributed by atoms with van der Waals surface area (Å²) in [5, 5.41) is 0. The third-order valence-electron chi connectivity index (χ3n) is 11.2. The highest BCUT2D eigenvalue weighted by molar-refractivity contribution is 5.55. The van der Waals surface area contributed by atoms with Gasteiger partial charge in [-0.15, -0.1) is 0 Å². The number of benzene rings is 1. The molecule has 5 rings (SSSR count). The molecule has 0 saturated heterocycles. The van der Waals surface area contributed by atoms with E-state index in [9.17, 15) is 0 Å². The van der Waals surface area contributed by atoms with Gasteiger partial charge in [0.1, 0.15) is 5.75 Å². The molecule has 0 aromatic heterocycles. The van der Waals surface area contributed by atoms with E-state index < -0.39 is 0 Å². The lowest BCUT2D eigenvalue weighted by Crippen LogP contribution is -2.57. The summed E-state index contributed by atoms with van der Waals surface area (Å²) in [4.78, 5) is 2.43. The van der Waals surface area contributed by atoms with E-state index in [4.69, 9.17) is 4.74 Å². The van der Waals surface area contributed by atoms with E-state index in [0.29, 0.717) is 16.2 Å². The van der Waals surface area contributed by atoms with Gasteiger partial charge in [0.25, 0.3) is 0 Å². The smallest absolute Gasteiger partial charge is 0.122 e. The Morgan fingerprint density at radius 3 is 2.39 bits per heavy atom. The molecule has 3 fully saturated rings. The summed E-state index contributed by atoms with van der Waals surface area (Å²) in [6.45, 7) is 14.0. The van der Waals surface area contributed by atoms with Gasteiger partial charge in [0.2, 0.25) is 0 Å². The molecule has 4 aliphatic rings. The molecule has 182 valence electrons. The first kappa shape index (κ1) is 23.5.